The molecule has 0 aliphatic heterocycles. The maximum atomic E-state index is 11.9. The van der Waals surface area contributed by atoms with Gasteiger partial charge >= 0.3 is 5.97 Å². The van der Waals surface area contributed by atoms with Crippen molar-refractivity contribution in [2.45, 2.75) is 53.0 Å². The lowest BCUT2D eigenvalue weighted by Gasteiger charge is -2.43. The fourth-order valence-corrected chi connectivity index (χ4v) is 4.90. The Labute approximate surface area is 125 Å². The van der Waals surface area contributed by atoms with Gasteiger partial charge in [-0.05, 0) is 42.9 Å². The molecule has 0 radical (unpaired) electrons. The molecule has 2 N–H and O–H groups in total. The van der Waals surface area contributed by atoms with E-state index in [1.54, 1.807) is 13.3 Å². The van der Waals surface area contributed by atoms with Crippen molar-refractivity contribution in [3.05, 3.63) is 12.0 Å². The second kappa shape index (κ2) is 4.49. The molecule has 116 valence electrons. The van der Waals surface area contributed by atoms with Gasteiger partial charge in [0.05, 0.1) is 12.9 Å². The van der Waals surface area contributed by atoms with Crippen molar-refractivity contribution in [1.82, 2.24) is 9.55 Å². The minimum Gasteiger partial charge on any atom is -0.461 e. The Balaban J connectivity index is 2.00. The molecule has 2 saturated carbocycles. The Morgan fingerprint density at radius 1 is 1.52 bits per heavy atom. The van der Waals surface area contributed by atoms with Gasteiger partial charge in [-0.15, -0.1) is 0 Å². The van der Waals surface area contributed by atoms with Crippen molar-refractivity contribution in [2.24, 2.45) is 16.7 Å². The highest BCUT2D eigenvalue weighted by molar-refractivity contribution is 5.92. The molecular formula is C16H25N3O2. The molecule has 21 heavy (non-hydrogen) atoms. The van der Waals surface area contributed by atoms with Gasteiger partial charge in [-0.25, -0.2) is 9.78 Å². The van der Waals surface area contributed by atoms with Gasteiger partial charge in [0.1, 0.15) is 5.82 Å². The zero-order chi connectivity index (χ0) is 15.4. The van der Waals surface area contributed by atoms with Crippen molar-refractivity contribution < 1.29 is 9.53 Å². The number of carbonyl (C=O) groups excluding carboxylic acids is 1. The zero-order valence-electron chi connectivity index (χ0n) is 13.3. The predicted molar refractivity (Wildman–Crippen MR) is 80.9 cm³/mol. The largest absolute Gasteiger partial charge is 0.461 e. The molecule has 0 saturated heterocycles. The van der Waals surface area contributed by atoms with E-state index < -0.39 is 5.97 Å². The number of fused-ring (bicyclic) bond motifs is 2. The number of aromatic nitrogens is 2. The van der Waals surface area contributed by atoms with Crippen LogP contribution in [-0.2, 0) is 4.74 Å². The minimum absolute atomic E-state index is 0.174. The van der Waals surface area contributed by atoms with E-state index in [0.29, 0.717) is 18.5 Å². The minimum atomic E-state index is -0.431. The van der Waals surface area contributed by atoms with Crippen molar-refractivity contribution in [3.8, 4) is 0 Å². The van der Waals surface area contributed by atoms with Gasteiger partial charge < -0.3 is 15.0 Å². The van der Waals surface area contributed by atoms with Crippen LogP contribution in [0.2, 0.25) is 0 Å². The molecule has 3 rings (SSSR count). The van der Waals surface area contributed by atoms with Crippen LogP contribution in [0.1, 0.15) is 63.5 Å². The molecular weight excluding hydrogens is 266 g/mol. The number of nitrogen functional groups attached to an aromatic ring is 1. The molecule has 2 aliphatic carbocycles. The van der Waals surface area contributed by atoms with Crippen LogP contribution in [0.5, 0.6) is 0 Å². The third kappa shape index (κ3) is 1.89. The molecule has 2 fully saturated rings. The average molecular weight is 291 g/mol. The number of ether oxygens (including phenoxy) is 1. The van der Waals surface area contributed by atoms with E-state index in [1.807, 2.05) is 4.57 Å². The standard InChI is InChI=1S/C16H25N3O2/c1-5-21-13(20)11-12(17)19(9-18-11)14-15(2,3)10-6-7-16(14,4)8-10/h9-10,14H,5-8,17H2,1-4H3. The van der Waals surface area contributed by atoms with E-state index in [2.05, 4.69) is 25.8 Å². The zero-order valence-corrected chi connectivity index (χ0v) is 13.3. The first-order valence-electron chi connectivity index (χ1n) is 7.80. The van der Waals surface area contributed by atoms with Gasteiger partial charge in [-0.1, -0.05) is 20.8 Å². The van der Waals surface area contributed by atoms with Gasteiger partial charge in [0.15, 0.2) is 5.69 Å². The molecule has 1 heterocycles. The highest BCUT2D eigenvalue weighted by atomic mass is 16.5. The van der Waals surface area contributed by atoms with Crippen LogP contribution >= 0.6 is 0 Å². The summed E-state index contributed by atoms with van der Waals surface area (Å²) in [6, 6.07) is 0.291. The maximum absolute atomic E-state index is 11.9. The molecule has 0 amide bonds. The van der Waals surface area contributed by atoms with Crippen molar-refractivity contribution in [2.75, 3.05) is 12.3 Å². The number of esters is 1. The Morgan fingerprint density at radius 3 is 2.81 bits per heavy atom. The smallest absolute Gasteiger partial charge is 0.360 e. The van der Waals surface area contributed by atoms with Gasteiger partial charge in [-0.2, -0.15) is 0 Å². The summed E-state index contributed by atoms with van der Waals surface area (Å²) >= 11 is 0. The third-order valence-electron chi connectivity index (χ3n) is 5.77. The number of hydrogen-bond acceptors (Lipinski definition) is 4. The van der Waals surface area contributed by atoms with Crippen molar-refractivity contribution in [3.63, 3.8) is 0 Å². The highest BCUT2D eigenvalue weighted by Gasteiger charge is 2.60. The Hall–Kier alpha value is -1.52. The first-order chi connectivity index (χ1) is 9.81. The summed E-state index contributed by atoms with van der Waals surface area (Å²) in [6.07, 6.45) is 5.47. The summed E-state index contributed by atoms with van der Waals surface area (Å²) in [6.45, 7) is 9.09. The molecule has 0 spiro atoms. The molecule has 3 unspecified atom stereocenters. The van der Waals surface area contributed by atoms with Crippen molar-refractivity contribution in [1.29, 1.82) is 0 Å². The number of imidazole rings is 1. The molecule has 0 aromatic carbocycles. The Bertz CT molecular complexity index is 573. The summed E-state index contributed by atoms with van der Waals surface area (Å²) in [5.74, 6) is 0.737. The lowest BCUT2D eigenvalue weighted by Crippen LogP contribution is -2.37. The molecule has 2 bridgehead atoms. The Morgan fingerprint density at radius 2 is 2.24 bits per heavy atom. The van der Waals surface area contributed by atoms with E-state index in [4.69, 9.17) is 10.5 Å². The van der Waals surface area contributed by atoms with Gasteiger partial charge in [0.2, 0.25) is 0 Å². The number of anilines is 1. The summed E-state index contributed by atoms with van der Waals surface area (Å²) in [4.78, 5) is 16.1. The molecule has 1 aromatic heterocycles. The second-order valence-electron chi connectivity index (χ2n) is 7.42. The van der Waals surface area contributed by atoms with E-state index in [-0.39, 0.29) is 16.5 Å². The maximum Gasteiger partial charge on any atom is 0.360 e. The van der Waals surface area contributed by atoms with Crippen LogP contribution in [-0.4, -0.2) is 22.1 Å². The number of nitrogens with zero attached hydrogens (tertiary/aromatic N) is 2. The van der Waals surface area contributed by atoms with Gasteiger partial charge in [-0.3, -0.25) is 0 Å². The van der Waals surface area contributed by atoms with Crippen LogP contribution in [0.25, 0.3) is 0 Å². The van der Waals surface area contributed by atoms with Crippen LogP contribution in [0, 0.1) is 16.7 Å². The van der Waals surface area contributed by atoms with E-state index in [9.17, 15) is 4.79 Å². The fourth-order valence-electron chi connectivity index (χ4n) is 4.90. The van der Waals surface area contributed by atoms with Gasteiger partial charge in [0.25, 0.3) is 0 Å². The number of hydrogen-bond donors (Lipinski definition) is 1. The SMILES string of the molecule is CCOC(=O)c1ncn(C2C3(C)CCC(C3)C2(C)C)c1N. The Kier molecular flexibility index (Phi) is 3.08. The summed E-state index contributed by atoms with van der Waals surface area (Å²) in [5, 5.41) is 0. The summed E-state index contributed by atoms with van der Waals surface area (Å²) in [5.41, 5.74) is 6.89. The monoisotopic (exact) mass is 291 g/mol. The molecule has 2 aliphatic rings. The van der Waals surface area contributed by atoms with Gasteiger partial charge in [0, 0.05) is 6.04 Å². The van der Waals surface area contributed by atoms with Crippen LogP contribution in [0.4, 0.5) is 5.82 Å². The highest BCUT2D eigenvalue weighted by Crippen LogP contribution is 2.68. The van der Waals surface area contributed by atoms with Crippen LogP contribution in [0.15, 0.2) is 6.33 Å². The van der Waals surface area contributed by atoms with E-state index >= 15 is 0 Å². The molecule has 5 heteroatoms. The van der Waals surface area contributed by atoms with Crippen LogP contribution in [0.3, 0.4) is 0 Å². The normalized spacial score (nSPS) is 33.3. The lowest BCUT2D eigenvalue weighted by molar-refractivity contribution is 0.0520. The topological polar surface area (TPSA) is 70.1 Å². The molecule has 3 atom stereocenters. The van der Waals surface area contributed by atoms with Crippen molar-refractivity contribution >= 4 is 11.8 Å². The first-order valence-corrected chi connectivity index (χ1v) is 7.80. The summed E-state index contributed by atoms with van der Waals surface area (Å²) in [7, 11) is 0. The predicted octanol–water partition coefficient (Wildman–Crippen LogP) is 3.03. The summed E-state index contributed by atoms with van der Waals surface area (Å²) < 4.78 is 7.05. The fraction of sp³-hybridized carbons (Fsp3) is 0.750. The molecule has 5 nitrogen and oxygen atoms in total. The number of rotatable bonds is 3. The third-order valence-corrected chi connectivity index (χ3v) is 5.77. The number of nitrogens with two attached hydrogens (primary N) is 1. The van der Waals surface area contributed by atoms with Crippen LogP contribution < -0.4 is 5.73 Å². The lowest BCUT2D eigenvalue weighted by atomic mass is 9.68. The second-order valence-corrected chi connectivity index (χ2v) is 7.42. The quantitative estimate of drug-likeness (QED) is 0.869. The number of carbonyl (C=O) groups is 1. The van der Waals surface area contributed by atoms with E-state index in [0.717, 1.165) is 5.92 Å². The first kappa shape index (κ1) is 14.4. The van der Waals surface area contributed by atoms with E-state index in [1.165, 1.54) is 19.3 Å². The molecule has 1 aromatic rings. The average Bonchev–Trinajstić information content (AvgIpc) is 3.00.